The van der Waals surface area contributed by atoms with E-state index in [4.69, 9.17) is 4.74 Å². The zero-order chi connectivity index (χ0) is 30.7. The van der Waals surface area contributed by atoms with Gasteiger partial charge in [-0.3, -0.25) is 4.79 Å². The third-order valence-corrected chi connectivity index (χ3v) is 14.2. The van der Waals surface area contributed by atoms with Gasteiger partial charge in [0.05, 0.1) is 6.61 Å². The van der Waals surface area contributed by atoms with Gasteiger partial charge in [-0.2, -0.15) is 0 Å². The molecular weight excluding hydrogens is 524 g/mol. The molecule has 0 heterocycles. The number of carbonyl (C=O) groups excluding carboxylic acids is 1. The van der Waals surface area contributed by atoms with Gasteiger partial charge in [-0.05, 0) is 116 Å². The van der Waals surface area contributed by atoms with E-state index in [1.54, 1.807) is 6.42 Å². The third kappa shape index (κ3) is 9.27. The molecule has 0 saturated heterocycles. The van der Waals surface area contributed by atoms with Crippen molar-refractivity contribution >= 4 is 5.97 Å². The lowest BCUT2D eigenvalue weighted by Gasteiger charge is -2.61. The fourth-order valence-electron chi connectivity index (χ4n) is 11.6. The lowest BCUT2D eigenvalue weighted by molar-refractivity contribution is -0.145. The summed E-state index contributed by atoms with van der Waals surface area (Å²) in [6.07, 6.45) is 34.1. The summed E-state index contributed by atoms with van der Waals surface area (Å²) in [6.45, 7) is 13.2. The Morgan fingerprint density at radius 1 is 0.698 bits per heavy atom. The highest BCUT2D eigenvalue weighted by molar-refractivity contribution is 5.69. The predicted octanol–water partition coefficient (Wildman–Crippen LogP) is 12.7. The predicted molar refractivity (Wildman–Crippen MR) is 184 cm³/mol. The molecule has 0 bridgehead atoms. The highest BCUT2D eigenvalue weighted by Gasteiger charge is 2.60. The topological polar surface area (TPSA) is 26.3 Å². The maximum absolute atomic E-state index is 12.3. The normalized spacial score (nSPS) is 35.0. The van der Waals surface area contributed by atoms with Crippen LogP contribution in [0.4, 0.5) is 0 Å². The summed E-state index contributed by atoms with van der Waals surface area (Å²) in [6, 6.07) is 0. The van der Waals surface area contributed by atoms with Crippen molar-refractivity contribution in [2.45, 2.75) is 195 Å². The number of carbonyl (C=O) groups is 1. The van der Waals surface area contributed by atoms with Crippen molar-refractivity contribution in [1.29, 1.82) is 0 Å². The van der Waals surface area contributed by atoms with E-state index in [-0.39, 0.29) is 5.97 Å². The average Bonchev–Trinajstić information content (AvgIpc) is 3.36. The molecule has 250 valence electrons. The fraction of sp³-hybridized carbons (Fsp3) is 0.976. The largest absolute Gasteiger partial charge is 0.465 e. The number of unbranched alkanes of at least 4 members (excludes halogenated alkanes) is 10. The van der Waals surface area contributed by atoms with Gasteiger partial charge < -0.3 is 4.74 Å². The Morgan fingerprint density at radius 2 is 1.37 bits per heavy atom. The summed E-state index contributed by atoms with van der Waals surface area (Å²) >= 11 is 0. The van der Waals surface area contributed by atoms with Gasteiger partial charge in [-0.25, -0.2) is 0 Å². The standard InChI is InChI=1S/C41H74O2/c1-6-7-8-9-10-11-12-13-14-15-16-23-39(42)43-31-32(2)20-19-21-33(3)36-26-27-37-35-25-24-34-22-17-18-29-40(34,4)38(35)28-30-41(36,37)5/h32-38H,6-31H2,1-5H3/t32?,33-,34?,35+,36-,37+,38+,40+,41-/m1/s1. The lowest BCUT2D eigenvalue weighted by Crippen LogP contribution is -2.53. The van der Waals surface area contributed by atoms with E-state index in [0.717, 1.165) is 41.9 Å². The molecule has 0 radical (unpaired) electrons. The molecule has 4 rings (SSSR count). The first-order chi connectivity index (χ1) is 20.8. The molecule has 0 aromatic carbocycles. The first-order valence-electron chi connectivity index (χ1n) is 19.9. The van der Waals surface area contributed by atoms with E-state index in [0.29, 0.717) is 29.8 Å². The molecule has 4 fully saturated rings. The first-order valence-corrected chi connectivity index (χ1v) is 19.9. The van der Waals surface area contributed by atoms with Crippen LogP contribution in [-0.4, -0.2) is 12.6 Å². The Kier molecular flexibility index (Phi) is 14.3. The van der Waals surface area contributed by atoms with Crippen LogP contribution in [0.1, 0.15) is 195 Å². The number of fused-ring (bicyclic) bond motifs is 5. The quantitative estimate of drug-likeness (QED) is 0.109. The number of hydrogen-bond acceptors (Lipinski definition) is 2. The van der Waals surface area contributed by atoms with E-state index in [2.05, 4.69) is 34.6 Å². The smallest absolute Gasteiger partial charge is 0.305 e. The molecule has 0 N–H and O–H groups in total. The van der Waals surface area contributed by atoms with Crippen molar-refractivity contribution in [3.8, 4) is 0 Å². The monoisotopic (exact) mass is 599 g/mol. The second-order valence-corrected chi connectivity index (χ2v) is 17.1. The molecule has 9 atom stereocenters. The minimum atomic E-state index is 0.0350. The van der Waals surface area contributed by atoms with E-state index in [9.17, 15) is 4.79 Å². The molecule has 4 aliphatic rings. The van der Waals surface area contributed by atoms with Crippen LogP contribution >= 0.6 is 0 Å². The first kappa shape index (κ1) is 35.3. The number of hydrogen-bond donors (Lipinski definition) is 0. The summed E-state index contributed by atoms with van der Waals surface area (Å²) in [5, 5.41) is 0. The van der Waals surface area contributed by atoms with Crippen LogP contribution in [0, 0.1) is 52.3 Å². The van der Waals surface area contributed by atoms with Gasteiger partial charge in [0.25, 0.3) is 0 Å². The molecule has 43 heavy (non-hydrogen) atoms. The van der Waals surface area contributed by atoms with Crippen LogP contribution in [-0.2, 0) is 9.53 Å². The number of rotatable bonds is 19. The van der Waals surface area contributed by atoms with Crippen LogP contribution < -0.4 is 0 Å². The van der Waals surface area contributed by atoms with Crippen LogP contribution in [0.3, 0.4) is 0 Å². The molecule has 2 nitrogen and oxygen atoms in total. The molecular formula is C41H74O2. The second-order valence-electron chi connectivity index (χ2n) is 17.1. The summed E-state index contributed by atoms with van der Waals surface area (Å²) in [4.78, 5) is 12.3. The van der Waals surface area contributed by atoms with Gasteiger partial charge >= 0.3 is 5.97 Å². The SMILES string of the molecule is CCCCCCCCCCCCCC(=O)OCC(C)CCC[C@@H](C)[C@H]1CC[C@H]2[C@@H]3CCC4CCCC[C@]4(C)[C@H]3CC[C@]12C. The van der Waals surface area contributed by atoms with Crippen LogP contribution in [0.15, 0.2) is 0 Å². The van der Waals surface area contributed by atoms with E-state index in [1.165, 1.54) is 141 Å². The van der Waals surface area contributed by atoms with Crippen LogP contribution in [0.25, 0.3) is 0 Å². The minimum absolute atomic E-state index is 0.0350. The zero-order valence-electron chi connectivity index (χ0n) is 29.7. The van der Waals surface area contributed by atoms with Crippen molar-refractivity contribution in [3.63, 3.8) is 0 Å². The molecule has 4 aliphatic carbocycles. The summed E-state index contributed by atoms with van der Waals surface area (Å²) in [5.41, 5.74) is 1.26. The van der Waals surface area contributed by atoms with Crippen LogP contribution in [0.2, 0.25) is 0 Å². The van der Waals surface area contributed by atoms with Gasteiger partial charge in [0.1, 0.15) is 0 Å². The molecule has 0 aromatic heterocycles. The van der Waals surface area contributed by atoms with Gasteiger partial charge in [0, 0.05) is 6.42 Å². The van der Waals surface area contributed by atoms with Gasteiger partial charge in [0.15, 0.2) is 0 Å². The summed E-state index contributed by atoms with van der Waals surface area (Å²) < 4.78 is 5.70. The lowest BCUT2D eigenvalue weighted by atomic mass is 9.44. The van der Waals surface area contributed by atoms with Crippen LogP contribution in [0.5, 0.6) is 0 Å². The van der Waals surface area contributed by atoms with Crippen molar-refractivity contribution in [2.75, 3.05) is 6.61 Å². The summed E-state index contributed by atoms with van der Waals surface area (Å²) in [5.74, 6) is 6.37. The van der Waals surface area contributed by atoms with E-state index in [1.807, 2.05) is 0 Å². The third-order valence-electron chi connectivity index (χ3n) is 14.2. The molecule has 0 aromatic rings. The highest BCUT2D eigenvalue weighted by atomic mass is 16.5. The Morgan fingerprint density at radius 3 is 2.09 bits per heavy atom. The Hall–Kier alpha value is -0.530. The van der Waals surface area contributed by atoms with Crippen molar-refractivity contribution < 1.29 is 9.53 Å². The molecule has 0 amide bonds. The molecule has 0 aliphatic heterocycles. The minimum Gasteiger partial charge on any atom is -0.465 e. The molecule has 2 heteroatoms. The molecule has 0 spiro atoms. The Balaban J connectivity index is 1.06. The fourth-order valence-corrected chi connectivity index (χ4v) is 11.6. The molecule has 4 saturated carbocycles. The van der Waals surface area contributed by atoms with Crippen molar-refractivity contribution in [2.24, 2.45) is 52.3 Å². The van der Waals surface area contributed by atoms with E-state index >= 15 is 0 Å². The summed E-state index contributed by atoms with van der Waals surface area (Å²) in [7, 11) is 0. The molecule has 2 unspecified atom stereocenters. The van der Waals surface area contributed by atoms with Gasteiger partial charge in [-0.15, -0.1) is 0 Å². The van der Waals surface area contributed by atoms with Crippen molar-refractivity contribution in [1.82, 2.24) is 0 Å². The average molecular weight is 599 g/mol. The zero-order valence-corrected chi connectivity index (χ0v) is 29.7. The Labute approximate surface area is 269 Å². The van der Waals surface area contributed by atoms with Gasteiger partial charge in [-0.1, -0.05) is 125 Å². The highest BCUT2D eigenvalue weighted by Crippen LogP contribution is 2.68. The maximum Gasteiger partial charge on any atom is 0.305 e. The Bertz CT molecular complexity index is 806. The number of ether oxygens (including phenoxy) is 1. The second kappa shape index (κ2) is 17.4. The number of esters is 1. The maximum atomic E-state index is 12.3. The van der Waals surface area contributed by atoms with Crippen molar-refractivity contribution in [3.05, 3.63) is 0 Å². The van der Waals surface area contributed by atoms with E-state index < -0.39 is 0 Å². The van der Waals surface area contributed by atoms with Gasteiger partial charge in [0.2, 0.25) is 0 Å².